The Labute approximate surface area is 88.8 Å². The fourth-order valence-corrected chi connectivity index (χ4v) is 1.81. The molecule has 0 radical (unpaired) electrons. The number of rotatable bonds is 4. The van der Waals surface area contributed by atoms with Crippen LogP contribution in [0.15, 0.2) is 0 Å². The van der Waals surface area contributed by atoms with Gasteiger partial charge < -0.3 is 10.2 Å². The van der Waals surface area contributed by atoms with Crippen molar-refractivity contribution in [3.63, 3.8) is 0 Å². The molecule has 15 heavy (non-hydrogen) atoms. The monoisotopic (exact) mass is 220 g/mol. The van der Waals surface area contributed by atoms with Gasteiger partial charge in [0.15, 0.2) is 0 Å². The highest BCUT2D eigenvalue weighted by molar-refractivity contribution is 5.76. The Bertz CT molecular complexity index is 206. The average molecular weight is 220 g/mol. The summed E-state index contributed by atoms with van der Waals surface area (Å²) in [6.07, 6.45) is 0.0250. The molecule has 1 N–H and O–H groups in total. The number of piperidine rings is 1. The summed E-state index contributed by atoms with van der Waals surface area (Å²) in [5.74, 6) is 0.135. The van der Waals surface area contributed by atoms with Gasteiger partial charge in [-0.05, 0) is 31.8 Å². The van der Waals surface area contributed by atoms with Gasteiger partial charge in [0.25, 0.3) is 6.43 Å². The number of hydrogen-bond acceptors (Lipinski definition) is 2. The first-order chi connectivity index (χ1) is 7.09. The van der Waals surface area contributed by atoms with Crippen LogP contribution in [0.2, 0.25) is 0 Å². The van der Waals surface area contributed by atoms with Crippen LogP contribution in [0.1, 0.15) is 19.3 Å². The fourth-order valence-electron chi connectivity index (χ4n) is 1.81. The second-order valence-corrected chi connectivity index (χ2v) is 4.08. The highest BCUT2D eigenvalue weighted by Crippen LogP contribution is 2.15. The first-order valence-corrected chi connectivity index (χ1v) is 5.32. The number of carbonyl (C=O) groups is 1. The molecule has 88 valence electrons. The summed E-state index contributed by atoms with van der Waals surface area (Å²) >= 11 is 0. The van der Waals surface area contributed by atoms with Gasteiger partial charge in [-0.2, -0.15) is 0 Å². The van der Waals surface area contributed by atoms with E-state index in [-0.39, 0.29) is 5.91 Å². The molecule has 1 atom stereocenters. The van der Waals surface area contributed by atoms with Gasteiger partial charge in [-0.1, -0.05) is 0 Å². The summed E-state index contributed by atoms with van der Waals surface area (Å²) in [6.45, 7) is 1.37. The molecular weight excluding hydrogens is 202 g/mol. The van der Waals surface area contributed by atoms with Gasteiger partial charge in [0.2, 0.25) is 5.91 Å². The number of nitrogens with one attached hydrogen (secondary N) is 1. The minimum atomic E-state index is -2.44. The number of halogens is 2. The molecule has 0 spiro atoms. The van der Waals surface area contributed by atoms with Gasteiger partial charge in [0.05, 0.1) is 6.54 Å². The largest absolute Gasteiger partial charge is 0.340 e. The number of amides is 1. The minimum Gasteiger partial charge on any atom is -0.340 e. The van der Waals surface area contributed by atoms with Gasteiger partial charge in [-0.25, -0.2) is 8.78 Å². The molecule has 1 aliphatic heterocycles. The second-order valence-electron chi connectivity index (χ2n) is 4.08. The Morgan fingerprint density at radius 1 is 1.60 bits per heavy atom. The van der Waals surface area contributed by atoms with Crippen LogP contribution in [0.4, 0.5) is 8.78 Å². The summed E-state index contributed by atoms with van der Waals surface area (Å²) in [4.78, 5) is 12.6. The lowest BCUT2D eigenvalue weighted by molar-refractivity contribution is -0.132. The van der Waals surface area contributed by atoms with Gasteiger partial charge in [0, 0.05) is 13.5 Å². The molecule has 1 saturated heterocycles. The van der Waals surface area contributed by atoms with E-state index in [9.17, 15) is 13.6 Å². The highest BCUT2D eigenvalue weighted by Gasteiger charge is 2.20. The molecule has 1 rings (SSSR count). The minimum absolute atomic E-state index is 0.177. The highest BCUT2D eigenvalue weighted by atomic mass is 19.3. The van der Waals surface area contributed by atoms with Crippen LogP contribution < -0.4 is 5.32 Å². The molecule has 0 bridgehead atoms. The van der Waals surface area contributed by atoms with Crippen molar-refractivity contribution < 1.29 is 13.6 Å². The van der Waals surface area contributed by atoms with E-state index in [1.165, 1.54) is 7.05 Å². The van der Waals surface area contributed by atoms with Crippen LogP contribution in [0, 0.1) is 5.92 Å². The Morgan fingerprint density at radius 3 is 2.87 bits per heavy atom. The Morgan fingerprint density at radius 2 is 2.33 bits per heavy atom. The first kappa shape index (κ1) is 12.4. The molecule has 1 heterocycles. The normalized spacial score (nSPS) is 21.7. The van der Waals surface area contributed by atoms with Crippen molar-refractivity contribution in [1.29, 1.82) is 0 Å². The molecule has 0 aromatic rings. The van der Waals surface area contributed by atoms with E-state index < -0.39 is 13.0 Å². The van der Waals surface area contributed by atoms with Crippen LogP contribution in [-0.4, -0.2) is 43.9 Å². The second kappa shape index (κ2) is 6.00. The summed E-state index contributed by atoms with van der Waals surface area (Å²) in [7, 11) is 1.44. The maximum atomic E-state index is 12.0. The maximum Gasteiger partial charge on any atom is 0.255 e. The Hall–Kier alpha value is -0.710. The molecule has 5 heteroatoms. The van der Waals surface area contributed by atoms with Crippen LogP contribution in [0.25, 0.3) is 0 Å². The van der Waals surface area contributed by atoms with E-state index in [4.69, 9.17) is 0 Å². The topological polar surface area (TPSA) is 32.3 Å². The number of carbonyl (C=O) groups excluding carboxylic acids is 1. The lowest BCUT2D eigenvalue weighted by Gasteiger charge is -2.24. The Balaban J connectivity index is 2.27. The van der Waals surface area contributed by atoms with Gasteiger partial charge >= 0.3 is 0 Å². The van der Waals surface area contributed by atoms with E-state index in [1.54, 1.807) is 0 Å². The van der Waals surface area contributed by atoms with Crippen LogP contribution in [-0.2, 0) is 4.79 Å². The predicted octanol–water partition coefficient (Wildman–Crippen LogP) is 1.10. The zero-order valence-corrected chi connectivity index (χ0v) is 9.01. The van der Waals surface area contributed by atoms with E-state index >= 15 is 0 Å². The van der Waals surface area contributed by atoms with Gasteiger partial charge in [0.1, 0.15) is 0 Å². The van der Waals surface area contributed by atoms with Crippen molar-refractivity contribution in [3.05, 3.63) is 0 Å². The van der Waals surface area contributed by atoms with Gasteiger partial charge in [-0.3, -0.25) is 4.79 Å². The van der Waals surface area contributed by atoms with E-state index in [1.807, 2.05) is 0 Å². The molecule has 0 aromatic carbocycles. The molecular formula is C10H18F2N2O. The molecule has 1 amide bonds. The molecule has 3 nitrogen and oxygen atoms in total. The van der Waals surface area contributed by atoms with Crippen LogP contribution >= 0.6 is 0 Å². The third-order valence-electron chi connectivity index (χ3n) is 2.70. The van der Waals surface area contributed by atoms with Crippen molar-refractivity contribution >= 4 is 5.91 Å². The summed E-state index contributed by atoms with van der Waals surface area (Å²) in [5, 5.41) is 3.20. The average Bonchev–Trinajstić information content (AvgIpc) is 2.18. The van der Waals surface area contributed by atoms with Gasteiger partial charge in [-0.15, -0.1) is 0 Å². The van der Waals surface area contributed by atoms with Crippen molar-refractivity contribution in [1.82, 2.24) is 10.2 Å². The lowest BCUT2D eigenvalue weighted by Crippen LogP contribution is -2.36. The maximum absolute atomic E-state index is 12.0. The van der Waals surface area contributed by atoms with E-state index in [2.05, 4.69) is 5.32 Å². The number of nitrogens with zero attached hydrogens (tertiary/aromatic N) is 1. The van der Waals surface area contributed by atoms with Crippen molar-refractivity contribution in [2.24, 2.45) is 5.92 Å². The standard InChI is InChI=1S/C10H18F2N2O/c1-14(7-9(11)12)10(15)5-8-3-2-4-13-6-8/h8-9,13H,2-7H2,1H3. The molecule has 1 unspecified atom stereocenters. The molecule has 0 aliphatic carbocycles. The molecule has 0 aromatic heterocycles. The molecule has 0 saturated carbocycles. The SMILES string of the molecule is CN(CC(F)F)C(=O)CC1CCCNC1. The fraction of sp³-hybridized carbons (Fsp3) is 0.900. The van der Waals surface area contributed by atoms with Crippen LogP contribution in [0.3, 0.4) is 0 Å². The summed E-state index contributed by atoms with van der Waals surface area (Å²) in [6, 6.07) is 0. The third-order valence-corrected chi connectivity index (χ3v) is 2.70. The van der Waals surface area contributed by atoms with E-state index in [0.29, 0.717) is 12.3 Å². The summed E-state index contributed by atoms with van der Waals surface area (Å²) < 4.78 is 24.0. The summed E-state index contributed by atoms with van der Waals surface area (Å²) in [5.41, 5.74) is 0. The quantitative estimate of drug-likeness (QED) is 0.769. The predicted molar refractivity (Wildman–Crippen MR) is 53.9 cm³/mol. The number of alkyl halides is 2. The van der Waals surface area contributed by atoms with Crippen molar-refractivity contribution in [2.75, 3.05) is 26.7 Å². The first-order valence-electron chi connectivity index (χ1n) is 5.32. The zero-order valence-electron chi connectivity index (χ0n) is 9.01. The zero-order chi connectivity index (χ0) is 11.3. The molecule has 1 aliphatic rings. The van der Waals surface area contributed by atoms with Crippen molar-refractivity contribution in [3.8, 4) is 0 Å². The van der Waals surface area contributed by atoms with Crippen LogP contribution in [0.5, 0.6) is 0 Å². The smallest absolute Gasteiger partial charge is 0.255 e. The number of hydrogen-bond donors (Lipinski definition) is 1. The molecule has 1 fully saturated rings. The lowest BCUT2D eigenvalue weighted by atomic mass is 9.96. The van der Waals surface area contributed by atoms with E-state index in [0.717, 1.165) is 30.8 Å². The third kappa shape index (κ3) is 4.55. The Kier molecular flexibility index (Phi) is 4.94. The van der Waals surface area contributed by atoms with Crippen molar-refractivity contribution in [2.45, 2.75) is 25.7 Å².